The molecule has 2 aromatic rings. The predicted molar refractivity (Wildman–Crippen MR) is 95.8 cm³/mol. The molecule has 1 aromatic heterocycles. The smallest absolute Gasteiger partial charge is 0.306 e. The number of rotatable bonds is 8. The van der Waals surface area contributed by atoms with Crippen molar-refractivity contribution in [3.8, 4) is 0 Å². The highest BCUT2D eigenvalue weighted by Gasteiger charge is 2.32. The summed E-state index contributed by atoms with van der Waals surface area (Å²) in [5.74, 6) is -3.10. The molecule has 152 valence electrons. The number of nitrogens with one attached hydrogen (secondary N) is 1. The summed E-state index contributed by atoms with van der Waals surface area (Å²) in [5.41, 5.74) is -0.954. The van der Waals surface area contributed by atoms with E-state index in [1.807, 2.05) is 0 Å². The van der Waals surface area contributed by atoms with Crippen molar-refractivity contribution in [2.75, 3.05) is 5.32 Å². The van der Waals surface area contributed by atoms with Crippen LogP contribution >= 0.6 is 0 Å². The van der Waals surface area contributed by atoms with Crippen LogP contribution in [0, 0.1) is 0 Å². The second kappa shape index (κ2) is 8.99. The zero-order chi connectivity index (χ0) is 20.8. The number of unbranched alkanes of at least 4 members (excludes halogenated alkanes) is 1. The molecule has 1 aromatic carbocycles. The summed E-state index contributed by atoms with van der Waals surface area (Å²) in [6.07, 6.45) is -0.214. The van der Waals surface area contributed by atoms with E-state index < -0.39 is 23.6 Å². The summed E-state index contributed by atoms with van der Waals surface area (Å²) in [6, 6.07) is 6.44. The lowest BCUT2D eigenvalue weighted by atomic mass is 10.1. The van der Waals surface area contributed by atoms with Gasteiger partial charge in [-0.3, -0.25) is 9.48 Å². The predicted octanol–water partition coefficient (Wildman–Crippen LogP) is 5.38. The van der Waals surface area contributed by atoms with E-state index in [-0.39, 0.29) is 17.8 Å². The Labute approximate surface area is 159 Å². The van der Waals surface area contributed by atoms with Gasteiger partial charge in [-0.05, 0) is 37.5 Å². The van der Waals surface area contributed by atoms with Crippen molar-refractivity contribution in [3.05, 3.63) is 53.7 Å². The van der Waals surface area contributed by atoms with Crippen LogP contribution < -0.4 is 5.32 Å². The average molecular weight is 401 g/mol. The molecule has 0 aliphatic carbocycles. The van der Waals surface area contributed by atoms with Gasteiger partial charge in [0.05, 0.1) is 5.56 Å². The molecule has 4 nitrogen and oxygen atoms in total. The molecule has 0 fully saturated rings. The molecular weight excluding hydrogens is 381 g/mol. The molecule has 9 heteroatoms. The van der Waals surface area contributed by atoms with Crippen LogP contribution in [0.3, 0.4) is 0 Å². The highest BCUT2D eigenvalue weighted by Crippen LogP contribution is 2.32. The van der Waals surface area contributed by atoms with Gasteiger partial charge in [-0.15, -0.1) is 0 Å². The number of amides is 1. The third-order valence-corrected chi connectivity index (χ3v) is 3.83. The fraction of sp³-hybridized carbons (Fsp3) is 0.368. The van der Waals surface area contributed by atoms with Gasteiger partial charge in [0.1, 0.15) is 0 Å². The summed E-state index contributed by atoms with van der Waals surface area (Å²) in [5, 5.41) is 6.53. The van der Waals surface area contributed by atoms with E-state index in [1.165, 1.54) is 28.9 Å². The molecule has 1 N–H and O–H groups in total. The summed E-state index contributed by atoms with van der Waals surface area (Å²) < 4.78 is 65.8. The quantitative estimate of drug-likeness (QED) is 0.367. The number of anilines is 1. The molecule has 2 rings (SSSR count). The number of hydrogen-bond donors (Lipinski definition) is 1. The number of aryl methyl sites for hydroxylation is 1. The summed E-state index contributed by atoms with van der Waals surface area (Å²) in [6.45, 7) is 1.29. The van der Waals surface area contributed by atoms with Gasteiger partial charge in [0, 0.05) is 31.3 Å². The van der Waals surface area contributed by atoms with Crippen molar-refractivity contribution < 1.29 is 26.7 Å². The van der Waals surface area contributed by atoms with Crippen LogP contribution in [-0.4, -0.2) is 21.6 Å². The van der Waals surface area contributed by atoms with Crippen LogP contribution in [0.4, 0.5) is 27.8 Å². The first-order chi connectivity index (χ1) is 13.0. The van der Waals surface area contributed by atoms with Gasteiger partial charge in [0.25, 0.3) is 0 Å². The Morgan fingerprint density at radius 2 is 1.86 bits per heavy atom. The third-order valence-electron chi connectivity index (χ3n) is 3.83. The van der Waals surface area contributed by atoms with Crippen molar-refractivity contribution in [2.45, 2.75) is 44.8 Å². The normalized spacial score (nSPS) is 12.5. The monoisotopic (exact) mass is 401 g/mol. The topological polar surface area (TPSA) is 46.9 Å². The van der Waals surface area contributed by atoms with E-state index in [9.17, 15) is 26.7 Å². The zero-order valence-electron chi connectivity index (χ0n) is 15.1. The fourth-order valence-electron chi connectivity index (χ4n) is 2.50. The molecule has 0 saturated carbocycles. The van der Waals surface area contributed by atoms with Crippen LogP contribution in [0.1, 0.15) is 37.3 Å². The Kier molecular flexibility index (Phi) is 6.93. The lowest BCUT2D eigenvalue weighted by molar-refractivity contribution is -0.137. The first-order valence-electron chi connectivity index (χ1n) is 8.61. The standard InChI is InChI=1S/C19H20F5N3O/c1-18(20,21)11-4-5-12-27-13-10-16(26-27)25-17(28)9-8-14-6-2-3-7-15(14)19(22,23)24/h2-3,6-10,13H,4-5,11-12H2,1H3,(H,25,26,28)/b9-8-. The lowest BCUT2D eigenvalue weighted by Crippen LogP contribution is -2.11. The largest absolute Gasteiger partial charge is 0.416 e. The second-order valence-electron chi connectivity index (χ2n) is 6.40. The Bertz CT molecular complexity index is 821. The lowest BCUT2D eigenvalue weighted by Gasteiger charge is -2.09. The number of carbonyl (C=O) groups excluding carboxylic acids is 1. The van der Waals surface area contributed by atoms with Gasteiger partial charge < -0.3 is 5.32 Å². The van der Waals surface area contributed by atoms with Crippen LogP contribution in [-0.2, 0) is 17.5 Å². The molecule has 1 heterocycles. The number of benzene rings is 1. The summed E-state index contributed by atoms with van der Waals surface area (Å²) in [4.78, 5) is 11.9. The SMILES string of the molecule is CC(F)(F)CCCCn1ccc(NC(=O)/C=C\c2ccccc2C(F)(F)F)n1. The maximum atomic E-state index is 12.9. The van der Waals surface area contributed by atoms with Crippen LogP contribution in [0.15, 0.2) is 42.6 Å². The zero-order valence-corrected chi connectivity index (χ0v) is 15.1. The maximum absolute atomic E-state index is 12.9. The fourth-order valence-corrected chi connectivity index (χ4v) is 2.50. The minimum atomic E-state index is -4.52. The van der Waals surface area contributed by atoms with Gasteiger partial charge in [0.2, 0.25) is 11.8 Å². The van der Waals surface area contributed by atoms with Gasteiger partial charge in [-0.25, -0.2) is 8.78 Å². The van der Waals surface area contributed by atoms with E-state index in [2.05, 4.69) is 10.4 Å². The number of hydrogen-bond acceptors (Lipinski definition) is 2. The molecule has 0 saturated heterocycles. The van der Waals surface area contributed by atoms with Crippen LogP contribution in [0.5, 0.6) is 0 Å². The number of aromatic nitrogens is 2. The van der Waals surface area contributed by atoms with Crippen molar-refractivity contribution in [1.82, 2.24) is 9.78 Å². The van der Waals surface area contributed by atoms with E-state index in [4.69, 9.17) is 0 Å². The Morgan fingerprint density at radius 3 is 2.54 bits per heavy atom. The first-order valence-corrected chi connectivity index (χ1v) is 8.61. The molecule has 1 amide bonds. The third kappa shape index (κ3) is 7.13. The highest BCUT2D eigenvalue weighted by atomic mass is 19.4. The van der Waals surface area contributed by atoms with Crippen LogP contribution in [0.25, 0.3) is 6.08 Å². The number of alkyl halides is 5. The van der Waals surface area contributed by atoms with Crippen molar-refractivity contribution in [3.63, 3.8) is 0 Å². The van der Waals surface area contributed by atoms with Crippen molar-refractivity contribution >= 4 is 17.8 Å². The maximum Gasteiger partial charge on any atom is 0.416 e. The van der Waals surface area contributed by atoms with Gasteiger partial charge >= 0.3 is 6.18 Å². The van der Waals surface area contributed by atoms with E-state index in [0.717, 1.165) is 25.1 Å². The Balaban J connectivity index is 1.89. The first kappa shape index (κ1) is 21.6. The van der Waals surface area contributed by atoms with E-state index in [1.54, 1.807) is 6.20 Å². The summed E-state index contributed by atoms with van der Waals surface area (Å²) >= 11 is 0. The van der Waals surface area contributed by atoms with E-state index in [0.29, 0.717) is 19.4 Å². The molecule has 0 unspecified atom stereocenters. The van der Waals surface area contributed by atoms with Gasteiger partial charge in [0.15, 0.2) is 5.82 Å². The van der Waals surface area contributed by atoms with Crippen molar-refractivity contribution in [2.24, 2.45) is 0 Å². The molecule has 28 heavy (non-hydrogen) atoms. The highest BCUT2D eigenvalue weighted by molar-refractivity contribution is 6.01. The molecule has 0 spiro atoms. The van der Waals surface area contributed by atoms with E-state index >= 15 is 0 Å². The minimum Gasteiger partial charge on any atom is -0.306 e. The number of carbonyl (C=O) groups is 1. The number of halogens is 5. The number of nitrogens with zero attached hydrogens (tertiary/aromatic N) is 2. The molecular formula is C19H20F5N3O. The molecule has 0 aliphatic rings. The van der Waals surface area contributed by atoms with Crippen LogP contribution in [0.2, 0.25) is 0 Å². The molecule has 0 bridgehead atoms. The Morgan fingerprint density at radius 1 is 1.14 bits per heavy atom. The second-order valence-corrected chi connectivity index (χ2v) is 6.40. The summed E-state index contributed by atoms with van der Waals surface area (Å²) in [7, 11) is 0. The average Bonchev–Trinajstić information content (AvgIpc) is 3.03. The van der Waals surface area contributed by atoms with Gasteiger partial charge in [-0.1, -0.05) is 18.2 Å². The molecule has 0 radical (unpaired) electrons. The van der Waals surface area contributed by atoms with Crippen molar-refractivity contribution in [1.29, 1.82) is 0 Å². The molecule has 0 aliphatic heterocycles. The minimum absolute atomic E-state index is 0.122. The Hall–Kier alpha value is -2.71. The van der Waals surface area contributed by atoms with Gasteiger partial charge in [-0.2, -0.15) is 18.3 Å². The molecule has 0 atom stereocenters.